The number of carbonyl (C=O) groups is 1. The molecule has 0 fully saturated rings. The van der Waals surface area contributed by atoms with Crippen LogP contribution < -0.4 is 5.32 Å². The molecule has 122 valence electrons. The number of aryl methyl sites for hydroxylation is 1. The molecule has 2 aromatic heterocycles. The van der Waals surface area contributed by atoms with E-state index in [1.54, 1.807) is 22.7 Å². The molecule has 0 radical (unpaired) electrons. The highest BCUT2D eigenvalue weighted by Gasteiger charge is 2.13. The maximum Gasteiger partial charge on any atom is 0.252 e. The Labute approximate surface area is 150 Å². The second kappa shape index (κ2) is 8.62. The van der Waals surface area contributed by atoms with E-state index in [2.05, 4.69) is 17.4 Å². The number of carbonyl (C=O) groups excluding carboxylic acids is 1. The first-order chi connectivity index (χ1) is 11.8. The molecule has 0 aliphatic heterocycles. The van der Waals surface area contributed by atoms with Crippen molar-refractivity contribution >= 4 is 40.2 Å². The Morgan fingerprint density at radius 3 is 2.46 bits per heavy atom. The summed E-state index contributed by atoms with van der Waals surface area (Å²) in [6, 6.07) is 18.4. The van der Waals surface area contributed by atoms with Crippen LogP contribution in [0.25, 0.3) is 11.6 Å². The van der Waals surface area contributed by atoms with Gasteiger partial charge in [0.15, 0.2) is 0 Å². The van der Waals surface area contributed by atoms with Gasteiger partial charge in [0.05, 0.1) is 5.57 Å². The molecule has 3 aromatic rings. The molecular weight excluding hydrogens is 334 g/mol. The molecule has 0 aliphatic rings. The van der Waals surface area contributed by atoms with Gasteiger partial charge in [-0.05, 0) is 47.4 Å². The number of nitrogens with one attached hydrogen (secondary N) is 1. The van der Waals surface area contributed by atoms with E-state index in [-0.39, 0.29) is 5.91 Å². The van der Waals surface area contributed by atoms with Crippen molar-refractivity contribution in [1.29, 1.82) is 0 Å². The van der Waals surface area contributed by atoms with E-state index in [9.17, 15) is 4.79 Å². The summed E-state index contributed by atoms with van der Waals surface area (Å²) < 4.78 is 0. The Kier molecular flexibility index (Phi) is 5.99. The van der Waals surface area contributed by atoms with Crippen molar-refractivity contribution in [3.63, 3.8) is 0 Å². The SMILES string of the molecule is O=C(NCCCc1ccccc1)C(=Cc1cccs1)c1cccs1. The summed E-state index contributed by atoms with van der Waals surface area (Å²) in [5.41, 5.74) is 2.05. The second-order valence-corrected chi connectivity index (χ2v) is 7.32. The van der Waals surface area contributed by atoms with Crippen LogP contribution in [0.15, 0.2) is 65.4 Å². The lowest BCUT2D eigenvalue weighted by Gasteiger charge is -2.08. The molecule has 2 nitrogen and oxygen atoms in total. The topological polar surface area (TPSA) is 29.1 Å². The number of hydrogen-bond donors (Lipinski definition) is 1. The number of hydrogen-bond acceptors (Lipinski definition) is 3. The summed E-state index contributed by atoms with van der Waals surface area (Å²) in [7, 11) is 0. The van der Waals surface area contributed by atoms with Gasteiger partial charge in [-0.3, -0.25) is 4.79 Å². The van der Waals surface area contributed by atoms with Gasteiger partial charge in [0.2, 0.25) is 0 Å². The Balaban J connectivity index is 1.60. The Morgan fingerprint density at radius 2 is 1.75 bits per heavy atom. The van der Waals surface area contributed by atoms with Crippen molar-refractivity contribution in [3.05, 3.63) is 80.7 Å². The fraction of sp³-hybridized carbons (Fsp3) is 0.150. The van der Waals surface area contributed by atoms with E-state index in [4.69, 9.17) is 0 Å². The van der Waals surface area contributed by atoms with Crippen LogP contribution >= 0.6 is 22.7 Å². The number of amides is 1. The van der Waals surface area contributed by atoms with Crippen molar-refractivity contribution in [3.8, 4) is 0 Å². The minimum Gasteiger partial charge on any atom is -0.352 e. The summed E-state index contributed by atoms with van der Waals surface area (Å²) in [4.78, 5) is 14.7. The van der Waals surface area contributed by atoms with Crippen molar-refractivity contribution in [2.45, 2.75) is 12.8 Å². The van der Waals surface area contributed by atoms with Crippen LogP contribution in [0.5, 0.6) is 0 Å². The molecule has 0 atom stereocenters. The molecule has 3 rings (SSSR count). The molecule has 0 bridgehead atoms. The van der Waals surface area contributed by atoms with Gasteiger partial charge in [-0.2, -0.15) is 0 Å². The lowest BCUT2D eigenvalue weighted by molar-refractivity contribution is -0.115. The van der Waals surface area contributed by atoms with E-state index in [0.717, 1.165) is 28.2 Å². The highest BCUT2D eigenvalue weighted by Crippen LogP contribution is 2.24. The highest BCUT2D eigenvalue weighted by molar-refractivity contribution is 7.12. The average Bonchev–Trinajstić information content (AvgIpc) is 3.30. The van der Waals surface area contributed by atoms with Gasteiger partial charge < -0.3 is 5.32 Å². The van der Waals surface area contributed by atoms with Crippen molar-refractivity contribution < 1.29 is 4.79 Å². The Bertz CT molecular complexity index is 774. The molecule has 0 aliphatic carbocycles. The lowest BCUT2D eigenvalue weighted by Crippen LogP contribution is -2.25. The highest BCUT2D eigenvalue weighted by atomic mass is 32.1. The fourth-order valence-electron chi connectivity index (χ4n) is 2.43. The monoisotopic (exact) mass is 353 g/mol. The summed E-state index contributed by atoms with van der Waals surface area (Å²) in [6.45, 7) is 0.681. The molecule has 24 heavy (non-hydrogen) atoms. The van der Waals surface area contributed by atoms with E-state index in [1.165, 1.54) is 5.56 Å². The summed E-state index contributed by atoms with van der Waals surface area (Å²) in [6.07, 6.45) is 3.89. The van der Waals surface area contributed by atoms with Gasteiger partial charge in [0.1, 0.15) is 0 Å². The van der Waals surface area contributed by atoms with E-state index in [0.29, 0.717) is 6.54 Å². The molecule has 1 N–H and O–H groups in total. The van der Waals surface area contributed by atoms with Crippen LogP contribution in [0.2, 0.25) is 0 Å². The molecule has 1 aromatic carbocycles. The molecule has 0 saturated carbocycles. The van der Waals surface area contributed by atoms with Gasteiger partial charge in [-0.25, -0.2) is 0 Å². The van der Waals surface area contributed by atoms with Crippen LogP contribution in [0.3, 0.4) is 0 Å². The number of rotatable bonds is 7. The zero-order valence-electron chi connectivity index (χ0n) is 13.3. The van der Waals surface area contributed by atoms with Crippen LogP contribution in [0.1, 0.15) is 21.7 Å². The van der Waals surface area contributed by atoms with Gasteiger partial charge in [-0.1, -0.05) is 42.5 Å². The minimum atomic E-state index is -0.00101. The third kappa shape index (κ3) is 4.66. The zero-order valence-corrected chi connectivity index (χ0v) is 14.9. The Hall–Kier alpha value is -2.17. The number of benzene rings is 1. The van der Waals surface area contributed by atoms with Crippen molar-refractivity contribution in [1.82, 2.24) is 5.32 Å². The van der Waals surface area contributed by atoms with Crippen LogP contribution in [0, 0.1) is 0 Å². The molecule has 2 heterocycles. The third-order valence-electron chi connectivity index (χ3n) is 3.63. The van der Waals surface area contributed by atoms with Gasteiger partial charge in [0.25, 0.3) is 5.91 Å². The third-order valence-corrected chi connectivity index (χ3v) is 5.35. The molecule has 0 spiro atoms. The zero-order chi connectivity index (χ0) is 16.6. The van der Waals surface area contributed by atoms with Crippen LogP contribution in [-0.2, 0) is 11.2 Å². The first-order valence-corrected chi connectivity index (χ1v) is 9.70. The second-order valence-electron chi connectivity index (χ2n) is 5.40. The lowest BCUT2D eigenvalue weighted by atomic mass is 10.1. The maximum absolute atomic E-state index is 12.6. The van der Waals surface area contributed by atoms with Crippen LogP contribution in [-0.4, -0.2) is 12.5 Å². The predicted molar refractivity (Wildman–Crippen MR) is 104 cm³/mol. The molecule has 4 heteroatoms. The summed E-state index contributed by atoms with van der Waals surface area (Å²) in [5, 5.41) is 7.08. The van der Waals surface area contributed by atoms with E-state index >= 15 is 0 Å². The molecule has 0 saturated heterocycles. The molecule has 0 unspecified atom stereocenters. The van der Waals surface area contributed by atoms with Crippen molar-refractivity contribution in [2.75, 3.05) is 6.54 Å². The molecule has 1 amide bonds. The van der Waals surface area contributed by atoms with Crippen LogP contribution in [0.4, 0.5) is 0 Å². The van der Waals surface area contributed by atoms with E-state index < -0.39 is 0 Å². The first-order valence-electron chi connectivity index (χ1n) is 7.94. The standard InChI is InChI=1S/C20H19NOS2/c22-20(21-12-4-9-16-7-2-1-3-8-16)18(19-11-6-14-24-19)15-17-10-5-13-23-17/h1-3,5-8,10-11,13-15H,4,9,12H2,(H,21,22). The van der Waals surface area contributed by atoms with Crippen molar-refractivity contribution in [2.24, 2.45) is 0 Å². The van der Waals surface area contributed by atoms with E-state index in [1.807, 2.05) is 59.3 Å². The maximum atomic E-state index is 12.6. The summed E-state index contributed by atoms with van der Waals surface area (Å²) >= 11 is 3.23. The summed E-state index contributed by atoms with van der Waals surface area (Å²) in [5.74, 6) is -0.00101. The number of thiophene rings is 2. The van der Waals surface area contributed by atoms with Gasteiger partial charge >= 0.3 is 0 Å². The molecular formula is C20H19NOS2. The smallest absolute Gasteiger partial charge is 0.252 e. The normalized spacial score (nSPS) is 11.4. The van der Waals surface area contributed by atoms with Gasteiger partial charge in [-0.15, -0.1) is 22.7 Å². The minimum absolute atomic E-state index is 0.00101. The largest absolute Gasteiger partial charge is 0.352 e. The predicted octanol–water partition coefficient (Wildman–Crippen LogP) is 5.10. The average molecular weight is 354 g/mol. The first kappa shape index (κ1) is 16.7. The quantitative estimate of drug-likeness (QED) is 0.465. The van der Waals surface area contributed by atoms with Gasteiger partial charge in [0, 0.05) is 16.3 Å². The fourth-order valence-corrected chi connectivity index (χ4v) is 3.83. The Morgan fingerprint density at radius 1 is 0.958 bits per heavy atom.